The molecular formula is C14H15NO2. The summed E-state index contributed by atoms with van der Waals surface area (Å²) in [5.74, 6) is -0.251. The maximum atomic E-state index is 11.5. The molecule has 0 saturated carbocycles. The van der Waals surface area contributed by atoms with Gasteiger partial charge in [0.05, 0.1) is 18.7 Å². The number of esters is 1. The Morgan fingerprint density at radius 3 is 2.82 bits per heavy atom. The zero-order valence-electron chi connectivity index (χ0n) is 9.85. The number of hydrogen-bond donors (Lipinski definition) is 0. The highest BCUT2D eigenvalue weighted by molar-refractivity contribution is 6.06. The average Bonchev–Trinajstić information content (AvgIpc) is 2.79. The lowest BCUT2D eigenvalue weighted by Gasteiger charge is -1.99. The largest absolute Gasteiger partial charge is 0.463 e. The number of carbonyl (C=O) groups excluding carboxylic acids is 1. The molecule has 0 fully saturated rings. The number of allylic oxidation sites excluding steroid dienone is 1. The fourth-order valence-corrected chi connectivity index (χ4v) is 1.74. The summed E-state index contributed by atoms with van der Waals surface area (Å²) >= 11 is 0. The van der Waals surface area contributed by atoms with E-state index in [0.29, 0.717) is 18.7 Å². The molecule has 0 unspecified atom stereocenters. The van der Waals surface area contributed by atoms with Crippen LogP contribution in [0, 0.1) is 0 Å². The van der Waals surface area contributed by atoms with E-state index in [1.54, 1.807) is 6.92 Å². The standard InChI is InChI=1S/C14H15NO2/c1-2-17-14(16)12-9-13(15-10-12)8-11-6-4-3-5-7-11/h3-7,9H,2,8,10H2,1H3. The zero-order valence-corrected chi connectivity index (χ0v) is 9.85. The lowest BCUT2D eigenvalue weighted by molar-refractivity contribution is -0.138. The fraction of sp³-hybridized carbons (Fsp3) is 0.286. The van der Waals surface area contributed by atoms with Crippen LogP contribution >= 0.6 is 0 Å². The van der Waals surface area contributed by atoms with Crippen molar-refractivity contribution in [2.45, 2.75) is 13.3 Å². The van der Waals surface area contributed by atoms with E-state index in [0.717, 1.165) is 12.1 Å². The lowest BCUT2D eigenvalue weighted by atomic mass is 10.1. The first-order valence-corrected chi connectivity index (χ1v) is 5.74. The molecule has 2 rings (SSSR count). The summed E-state index contributed by atoms with van der Waals surface area (Å²) < 4.78 is 4.94. The summed E-state index contributed by atoms with van der Waals surface area (Å²) in [6.07, 6.45) is 2.61. The Labute approximate surface area is 101 Å². The van der Waals surface area contributed by atoms with Crippen molar-refractivity contribution in [2.75, 3.05) is 13.2 Å². The minimum Gasteiger partial charge on any atom is -0.463 e. The van der Waals surface area contributed by atoms with Crippen molar-refractivity contribution in [3.63, 3.8) is 0 Å². The van der Waals surface area contributed by atoms with Crippen LogP contribution in [0.2, 0.25) is 0 Å². The number of aliphatic imine (C=N–C) groups is 1. The Hall–Kier alpha value is -1.90. The molecule has 0 radical (unpaired) electrons. The minimum atomic E-state index is -0.251. The molecule has 0 aliphatic carbocycles. The fourth-order valence-electron chi connectivity index (χ4n) is 1.74. The van der Waals surface area contributed by atoms with Gasteiger partial charge in [-0.2, -0.15) is 0 Å². The molecule has 0 bridgehead atoms. The first-order valence-electron chi connectivity index (χ1n) is 5.74. The average molecular weight is 229 g/mol. The Kier molecular flexibility index (Phi) is 3.70. The molecule has 1 aliphatic rings. The van der Waals surface area contributed by atoms with E-state index in [1.807, 2.05) is 24.3 Å². The smallest absolute Gasteiger partial charge is 0.335 e. The molecular weight excluding hydrogens is 214 g/mol. The maximum Gasteiger partial charge on any atom is 0.335 e. The van der Waals surface area contributed by atoms with Gasteiger partial charge in [0, 0.05) is 12.1 Å². The van der Waals surface area contributed by atoms with Gasteiger partial charge in [-0.1, -0.05) is 30.3 Å². The van der Waals surface area contributed by atoms with Crippen molar-refractivity contribution in [1.29, 1.82) is 0 Å². The van der Waals surface area contributed by atoms with Crippen LogP contribution in [0.25, 0.3) is 0 Å². The molecule has 3 nitrogen and oxygen atoms in total. The third-order valence-electron chi connectivity index (χ3n) is 2.56. The van der Waals surface area contributed by atoms with Crippen LogP contribution in [0.5, 0.6) is 0 Å². The Balaban J connectivity index is 1.99. The van der Waals surface area contributed by atoms with E-state index in [1.165, 1.54) is 5.56 Å². The highest BCUT2D eigenvalue weighted by Gasteiger charge is 2.16. The topological polar surface area (TPSA) is 38.7 Å². The molecule has 0 N–H and O–H groups in total. The van der Waals surface area contributed by atoms with Crippen LogP contribution in [-0.4, -0.2) is 24.8 Å². The zero-order chi connectivity index (χ0) is 12.1. The quantitative estimate of drug-likeness (QED) is 0.742. The van der Waals surface area contributed by atoms with Crippen molar-refractivity contribution in [2.24, 2.45) is 4.99 Å². The van der Waals surface area contributed by atoms with Gasteiger partial charge in [0.15, 0.2) is 0 Å². The van der Waals surface area contributed by atoms with Gasteiger partial charge in [-0.15, -0.1) is 0 Å². The second-order valence-corrected chi connectivity index (χ2v) is 3.86. The predicted molar refractivity (Wildman–Crippen MR) is 67.2 cm³/mol. The van der Waals surface area contributed by atoms with Gasteiger partial charge in [0.1, 0.15) is 0 Å². The van der Waals surface area contributed by atoms with Gasteiger partial charge < -0.3 is 4.74 Å². The van der Waals surface area contributed by atoms with Gasteiger partial charge in [0.2, 0.25) is 0 Å². The summed E-state index contributed by atoms with van der Waals surface area (Å²) in [4.78, 5) is 15.8. The monoisotopic (exact) mass is 229 g/mol. The third-order valence-corrected chi connectivity index (χ3v) is 2.56. The summed E-state index contributed by atoms with van der Waals surface area (Å²) in [6.45, 7) is 2.66. The Bertz CT molecular complexity index is 460. The van der Waals surface area contributed by atoms with E-state index in [9.17, 15) is 4.79 Å². The van der Waals surface area contributed by atoms with Crippen LogP contribution in [0.3, 0.4) is 0 Å². The van der Waals surface area contributed by atoms with Gasteiger partial charge >= 0.3 is 5.97 Å². The minimum absolute atomic E-state index is 0.251. The molecule has 3 heteroatoms. The van der Waals surface area contributed by atoms with Crippen molar-refractivity contribution in [3.8, 4) is 0 Å². The van der Waals surface area contributed by atoms with E-state index >= 15 is 0 Å². The van der Waals surface area contributed by atoms with E-state index < -0.39 is 0 Å². The third kappa shape index (κ3) is 3.03. The van der Waals surface area contributed by atoms with Crippen molar-refractivity contribution >= 4 is 11.7 Å². The van der Waals surface area contributed by atoms with Gasteiger partial charge in [-0.05, 0) is 18.6 Å². The number of hydrogen-bond acceptors (Lipinski definition) is 3. The maximum absolute atomic E-state index is 11.5. The highest BCUT2D eigenvalue weighted by Crippen LogP contribution is 2.11. The SMILES string of the molecule is CCOC(=O)C1=CC(Cc2ccccc2)=NC1. The molecule has 1 aromatic rings. The van der Waals surface area contributed by atoms with Gasteiger partial charge in [-0.25, -0.2) is 4.79 Å². The van der Waals surface area contributed by atoms with Crippen molar-refractivity contribution in [1.82, 2.24) is 0 Å². The number of ether oxygens (including phenoxy) is 1. The normalized spacial score (nSPS) is 14.2. The number of carbonyl (C=O) groups is 1. The summed E-state index contributed by atoms with van der Waals surface area (Å²) in [6, 6.07) is 10.1. The first kappa shape index (κ1) is 11.6. The van der Waals surface area contributed by atoms with Crippen LogP contribution in [-0.2, 0) is 16.0 Å². The molecule has 0 spiro atoms. The molecule has 0 saturated heterocycles. The lowest BCUT2D eigenvalue weighted by Crippen LogP contribution is -2.08. The van der Waals surface area contributed by atoms with E-state index in [2.05, 4.69) is 17.1 Å². The number of benzene rings is 1. The van der Waals surface area contributed by atoms with Crippen LogP contribution in [0.15, 0.2) is 47.0 Å². The van der Waals surface area contributed by atoms with Crippen LogP contribution in [0.4, 0.5) is 0 Å². The van der Waals surface area contributed by atoms with Gasteiger partial charge in [-0.3, -0.25) is 4.99 Å². The highest BCUT2D eigenvalue weighted by atomic mass is 16.5. The van der Waals surface area contributed by atoms with Gasteiger partial charge in [0.25, 0.3) is 0 Å². The molecule has 17 heavy (non-hydrogen) atoms. The first-order chi connectivity index (χ1) is 8.29. The van der Waals surface area contributed by atoms with Crippen molar-refractivity contribution < 1.29 is 9.53 Å². The summed E-state index contributed by atoms with van der Waals surface area (Å²) in [5, 5.41) is 0. The number of nitrogens with zero attached hydrogens (tertiary/aromatic N) is 1. The van der Waals surface area contributed by atoms with Crippen LogP contribution in [0.1, 0.15) is 12.5 Å². The molecule has 0 amide bonds. The molecule has 0 aromatic heterocycles. The molecule has 1 aromatic carbocycles. The second kappa shape index (κ2) is 5.43. The second-order valence-electron chi connectivity index (χ2n) is 3.86. The van der Waals surface area contributed by atoms with E-state index in [-0.39, 0.29) is 5.97 Å². The predicted octanol–water partition coefficient (Wildman–Crippen LogP) is 2.17. The molecule has 88 valence electrons. The van der Waals surface area contributed by atoms with Crippen LogP contribution < -0.4 is 0 Å². The molecule has 0 atom stereocenters. The summed E-state index contributed by atoms with van der Waals surface area (Å²) in [7, 11) is 0. The molecule has 1 aliphatic heterocycles. The van der Waals surface area contributed by atoms with E-state index in [4.69, 9.17) is 4.74 Å². The Morgan fingerprint density at radius 1 is 1.35 bits per heavy atom. The van der Waals surface area contributed by atoms with Crippen molar-refractivity contribution in [3.05, 3.63) is 47.5 Å². The molecule has 1 heterocycles. The number of rotatable bonds is 4. The Morgan fingerprint density at radius 2 is 2.12 bits per heavy atom. The summed E-state index contributed by atoms with van der Waals surface area (Å²) in [5.41, 5.74) is 2.80.